The highest BCUT2D eigenvalue weighted by Crippen LogP contribution is 2.35. The second-order valence-electron chi connectivity index (χ2n) is 24.6. The van der Waals surface area contributed by atoms with Crippen molar-refractivity contribution in [1.29, 1.82) is 0 Å². The minimum atomic E-state index is -0.0786. The third-order valence-corrected chi connectivity index (χ3v) is 17.3. The van der Waals surface area contributed by atoms with Crippen LogP contribution in [-0.2, 0) is 22.7 Å². The van der Waals surface area contributed by atoms with Crippen molar-refractivity contribution in [2.75, 3.05) is 78.1 Å². The molecule has 0 unspecified atom stereocenters. The Morgan fingerprint density at radius 1 is 0.424 bits per heavy atom. The van der Waals surface area contributed by atoms with E-state index in [0.717, 1.165) is 154 Å². The third-order valence-electron chi connectivity index (χ3n) is 17.3. The van der Waals surface area contributed by atoms with E-state index in [2.05, 4.69) is 91.1 Å². The maximum atomic E-state index is 12.7. The molecule has 8 aromatic carbocycles. The van der Waals surface area contributed by atoms with Gasteiger partial charge in [0.1, 0.15) is 0 Å². The molecule has 14 rings (SSSR count). The Morgan fingerprint density at radius 2 is 0.761 bits per heavy atom. The van der Waals surface area contributed by atoms with E-state index >= 15 is 0 Å². The summed E-state index contributed by atoms with van der Waals surface area (Å²) in [6, 6.07) is 65.0. The molecular weight excluding hydrogens is 1150 g/mol. The van der Waals surface area contributed by atoms with Crippen LogP contribution in [-0.4, -0.2) is 138 Å². The molecule has 12 aromatic rings. The van der Waals surface area contributed by atoms with Gasteiger partial charge in [-0.05, 0) is 126 Å². The number of imidazole rings is 2. The quantitative estimate of drug-likeness (QED) is 0.0715. The standard InChI is InChI=1S/2C37H37N7O2/c1-42(2)24-34(45)38-28-16-17-30-32(22-28)40-35(26-8-4-3-5-9-26)36(39-30)27-14-12-25(13-15-27)23-43-20-18-29(19-21-43)44-33-11-7-6-10-31(33)41-37(44)46;1-42(2)24-34(45)38-28-16-17-30-32(22-28)40-36(35(39-30)26-8-4-3-5-9-26)27-14-12-25(13-15-27)23-43-20-18-29(19-21-43)44-33-11-7-6-10-31(33)41-37(44)46/h2*3-17,22,29H,18-21,23-24H2,1-2H3,(H,38,45)(H,41,46). The zero-order chi connectivity index (χ0) is 63.2. The molecule has 464 valence electrons. The highest BCUT2D eigenvalue weighted by molar-refractivity contribution is 5.96. The van der Waals surface area contributed by atoms with Crippen LogP contribution in [0.4, 0.5) is 11.4 Å². The summed E-state index contributed by atoms with van der Waals surface area (Å²) in [7, 11) is 7.47. The van der Waals surface area contributed by atoms with Gasteiger partial charge in [-0.15, -0.1) is 0 Å². The molecule has 0 bridgehead atoms. The summed E-state index contributed by atoms with van der Waals surface area (Å²) in [5.41, 5.74) is 17.8. The number of aromatic nitrogens is 8. The number of H-pyrrole nitrogens is 2. The molecule has 4 aromatic heterocycles. The number of para-hydroxylation sites is 4. The SMILES string of the molecule is CN(C)CC(=O)Nc1ccc2nc(-c3ccc(CN4CCC(n5c(=O)[nH]c6ccccc65)CC4)cc3)c(-c3ccccc3)nc2c1.CN(C)CC(=O)Nc1ccc2nc(-c3ccccc3)c(-c3ccc(CN4CCC(n5c(=O)[nH]c6ccccc65)CC4)cc3)nc2c1. The molecule has 0 spiro atoms. The van der Waals surface area contributed by atoms with Gasteiger partial charge in [0.05, 0.1) is 80.0 Å². The summed E-state index contributed by atoms with van der Waals surface area (Å²) in [5.74, 6) is -0.156. The van der Waals surface area contributed by atoms with Crippen LogP contribution in [0.15, 0.2) is 204 Å². The summed E-state index contributed by atoms with van der Waals surface area (Å²) in [5, 5.41) is 5.93. The lowest BCUT2D eigenvalue weighted by Gasteiger charge is -2.32. The molecule has 2 amide bonds. The average Bonchev–Trinajstić information content (AvgIpc) is 1.01. The van der Waals surface area contributed by atoms with Gasteiger partial charge in [0.25, 0.3) is 0 Å². The number of fused-ring (bicyclic) bond motifs is 4. The molecule has 2 aliphatic heterocycles. The summed E-state index contributed by atoms with van der Waals surface area (Å²) < 4.78 is 3.88. The van der Waals surface area contributed by atoms with E-state index < -0.39 is 0 Å². The first-order chi connectivity index (χ1) is 44.8. The van der Waals surface area contributed by atoms with E-state index in [1.165, 1.54) is 11.1 Å². The van der Waals surface area contributed by atoms with Gasteiger partial charge in [-0.1, -0.05) is 133 Å². The number of nitrogens with zero attached hydrogens (tertiary/aromatic N) is 10. The fourth-order valence-corrected chi connectivity index (χ4v) is 12.8. The highest BCUT2D eigenvalue weighted by Gasteiger charge is 2.26. The van der Waals surface area contributed by atoms with E-state index in [-0.39, 0.29) is 35.3 Å². The molecule has 4 N–H and O–H groups in total. The summed E-state index contributed by atoms with van der Waals surface area (Å²) in [6.45, 7) is 6.04. The first-order valence-corrected chi connectivity index (χ1v) is 31.5. The van der Waals surface area contributed by atoms with Gasteiger partial charge < -0.3 is 30.4 Å². The number of anilines is 2. The topological polar surface area (TPSA) is 198 Å². The number of likely N-dealkylation sites (tertiary alicyclic amines) is 2. The van der Waals surface area contributed by atoms with Gasteiger partial charge in [0, 0.05) is 85.0 Å². The molecule has 0 aliphatic carbocycles. The van der Waals surface area contributed by atoms with Crippen LogP contribution < -0.4 is 22.0 Å². The maximum absolute atomic E-state index is 12.7. The number of hydrogen-bond donors (Lipinski definition) is 4. The molecule has 0 saturated carbocycles. The first kappa shape index (κ1) is 60.7. The van der Waals surface area contributed by atoms with Gasteiger partial charge in [-0.25, -0.2) is 29.5 Å². The van der Waals surface area contributed by atoms with E-state index in [0.29, 0.717) is 24.5 Å². The second-order valence-corrected chi connectivity index (χ2v) is 24.6. The number of carbonyl (C=O) groups is 2. The van der Waals surface area contributed by atoms with Gasteiger partial charge in [-0.2, -0.15) is 0 Å². The molecule has 6 heterocycles. The number of carbonyl (C=O) groups excluding carboxylic acids is 2. The maximum Gasteiger partial charge on any atom is 0.326 e. The highest BCUT2D eigenvalue weighted by atomic mass is 16.2. The molecule has 2 aliphatic rings. The number of rotatable bonds is 16. The lowest BCUT2D eigenvalue weighted by atomic mass is 10.0. The molecule has 18 nitrogen and oxygen atoms in total. The normalized spacial score (nSPS) is 14.3. The van der Waals surface area contributed by atoms with Crippen molar-refractivity contribution in [3.8, 4) is 45.0 Å². The van der Waals surface area contributed by atoms with Crippen molar-refractivity contribution in [2.24, 2.45) is 0 Å². The van der Waals surface area contributed by atoms with Crippen LogP contribution in [0.25, 0.3) is 89.2 Å². The largest absolute Gasteiger partial charge is 0.326 e. The van der Waals surface area contributed by atoms with Crippen molar-refractivity contribution < 1.29 is 9.59 Å². The zero-order valence-corrected chi connectivity index (χ0v) is 52.2. The minimum Gasteiger partial charge on any atom is -0.325 e. The van der Waals surface area contributed by atoms with Gasteiger partial charge >= 0.3 is 11.4 Å². The predicted octanol–water partition coefficient (Wildman–Crippen LogP) is 11.9. The van der Waals surface area contributed by atoms with E-state index in [1.54, 1.807) is 0 Å². The molecule has 92 heavy (non-hydrogen) atoms. The lowest BCUT2D eigenvalue weighted by molar-refractivity contribution is -0.117. The van der Waals surface area contributed by atoms with Crippen molar-refractivity contribution in [3.63, 3.8) is 0 Å². The van der Waals surface area contributed by atoms with E-state index in [9.17, 15) is 19.2 Å². The fourth-order valence-electron chi connectivity index (χ4n) is 12.8. The molecule has 2 saturated heterocycles. The number of nitrogens with one attached hydrogen (secondary N) is 4. The summed E-state index contributed by atoms with van der Waals surface area (Å²) in [6.07, 6.45) is 3.75. The van der Waals surface area contributed by atoms with E-state index in [1.807, 2.05) is 181 Å². The number of aromatic amines is 2. The zero-order valence-electron chi connectivity index (χ0n) is 52.2. The van der Waals surface area contributed by atoms with Gasteiger partial charge in [-0.3, -0.25) is 28.5 Å². The smallest absolute Gasteiger partial charge is 0.325 e. The van der Waals surface area contributed by atoms with Crippen LogP contribution >= 0.6 is 0 Å². The third kappa shape index (κ3) is 13.7. The Morgan fingerprint density at radius 3 is 1.13 bits per heavy atom. The minimum absolute atomic E-state index is 0.0193. The first-order valence-electron chi connectivity index (χ1n) is 31.5. The van der Waals surface area contributed by atoms with Gasteiger partial charge in [0.2, 0.25) is 11.8 Å². The molecule has 0 radical (unpaired) electrons. The summed E-state index contributed by atoms with van der Waals surface area (Å²) in [4.78, 5) is 85.0. The molecule has 18 heteroatoms. The van der Waals surface area contributed by atoms with Crippen LogP contribution in [0.5, 0.6) is 0 Å². The van der Waals surface area contributed by atoms with Crippen molar-refractivity contribution in [1.82, 2.24) is 58.6 Å². The van der Waals surface area contributed by atoms with Crippen LogP contribution in [0.2, 0.25) is 0 Å². The predicted molar refractivity (Wildman–Crippen MR) is 367 cm³/mol. The molecular formula is C74H74N14O4. The Balaban J connectivity index is 0.000000168. The van der Waals surface area contributed by atoms with Crippen LogP contribution in [0, 0.1) is 0 Å². The average molecular weight is 1220 g/mol. The molecule has 2 fully saturated rings. The van der Waals surface area contributed by atoms with E-state index in [4.69, 9.17) is 19.9 Å². The monoisotopic (exact) mass is 1220 g/mol. The summed E-state index contributed by atoms with van der Waals surface area (Å²) >= 11 is 0. The fraction of sp³-hybridized carbons (Fsp3) is 0.243. The van der Waals surface area contributed by atoms with Crippen LogP contribution in [0.1, 0.15) is 48.9 Å². The van der Waals surface area contributed by atoms with Crippen LogP contribution in [0.3, 0.4) is 0 Å². The number of benzene rings is 8. The van der Waals surface area contributed by atoms with Crippen molar-refractivity contribution in [2.45, 2.75) is 50.9 Å². The van der Waals surface area contributed by atoms with Crippen molar-refractivity contribution >= 4 is 67.3 Å². The Kier molecular flexibility index (Phi) is 17.8. The number of hydrogen-bond acceptors (Lipinski definition) is 12. The Hall–Kier alpha value is -10.2. The lowest BCUT2D eigenvalue weighted by Crippen LogP contribution is -2.36. The Labute approximate surface area is 533 Å². The second kappa shape index (κ2) is 27.1. The van der Waals surface area contributed by atoms with Crippen molar-refractivity contribution in [3.05, 3.63) is 226 Å². The number of likely N-dealkylation sites (N-methyl/N-ethyl adjacent to an activating group) is 2. The Bertz CT molecular complexity index is 4720. The van der Waals surface area contributed by atoms with Gasteiger partial charge in [0.15, 0.2) is 0 Å². The number of piperidine rings is 2. The molecule has 0 atom stereocenters. The number of amides is 2.